The van der Waals surface area contributed by atoms with Crippen LogP contribution in [0.25, 0.3) is 11.0 Å². The second-order valence-electron chi connectivity index (χ2n) is 7.00. The molecule has 0 saturated carbocycles. The fourth-order valence-corrected chi connectivity index (χ4v) is 3.65. The van der Waals surface area contributed by atoms with Gasteiger partial charge < -0.3 is 20.2 Å². The van der Waals surface area contributed by atoms with Gasteiger partial charge in [0.1, 0.15) is 5.56 Å². The van der Waals surface area contributed by atoms with Gasteiger partial charge in [-0.15, -0.1) is 0 Å². The number of nitrogens with zero attached hydrogens (tertiary/aromatic N) is 2. The summed E-state index contributed by atoms with van der Waals surface area (Å²) in [5, 5.41) is 6.19. The molecule has 1 fully saturated rings. The molecule has 140 valence electrons. The number of amides is 1. The van der Waals surface area contributed by atoms with E-state index in [4.69, 9.17) is 0 Å². The number of aromatic amines is 1. The first-order valence-electron chi connectivity index (χ1n) is 9.26. The minimum Gasteiger partial charge on any atom is -0.348 e. The number of fused-ring (bicyclic) bond motifs is 1. The van der Waals surface area contributed by atoms with Crippen LogP contribution in [-0.2, 0) is 6.54 Å². The number of pyridine rings is 1. The minimum absolute atomic E-state index is 0.147. The quantitative estimate of drug-likeness (QED) is 0.658. The molecule has 2 aromatic heterocycles. The SMILES string of the molecule is Cc1ccn(C2CCNCC2)c(=O)c1C(=O)NCc1ccc2nc[nH]c2c1. The Morgan fingerprint density at radius 2 is 2.11 bits per heavy atom. The fraction of sp³-hybridized carbons (Fsp3) is 0.350. The number of H-pyrrole nitrogens is 1. The maximum Gasteiger partial charge on any atom is 0.263 e. The molecule has 0 bridgehead atoms. The highest BCUT2D eigenvalue weighted by atomic mass is 16.2. The van der Waals surface area contributed by atoms with E-state index in [0.717, 1.165) is 42.5 Å². The molecule has 0 radical (unpaired) electrons. The van der Waals surface area contributed by atoms with Gasteiger partial charge in [0.05, 0.1) is 17.4 Å². The van der Waals surface area contributed by atoms with Crippen molar-refractivity contribution in [1.82, 2.24) is 25.2 Å². The molecule has 3 N–H and O–H groups in total. The average molecular weight is 365 g/mol. The highest BCUT2D eigenvalue weighted by molar-refractivity contribution is 5.95. The standard InChI is InChI=1S/C20H23N5O2/c1-13-6-9-25(15-4-7-21-8-5-15)20(27)18(13)19(26)22-11-14-2-3-16-17(10-14)24-12-23-16/h2-3,6,9-10,12,15,21H,4-5,7-8,11H2,1H3,(H,22,26)(H,23,24). The molecule has 1 saturated heterocycles. The molecule has 1 aliphatic rings. The summed E-state index contributed by atoms with van der Waals surface area (Å²) in [5.74, 6) is -0.328. The molecule has 0 spiro atoms. The van der Waals surface area contributed by atoms with Crippen LogP contribution >= 0.6 is 0 Å². The second kappa shape index (κ2) is 7.36. The third-order valence-corrected chi connectivity index (χ3v) is 5.19. The number of rotatable bonds is 4. The van der Waals surface area contributed by atoms with Gasteiger partial charge >= 0.3 is 0 Å². The summed E-state index contributed by atoms with van der Waals surface area (Å²) in [6.07, 6.45) is 5.25. The zero-order valence-electron chi connectivity index (χ0n) is 15.3. The number of carbonyl (C=O) groups excluding carboxylic acids is 1. The first-order valence-corrected chi connectivity index (χ1v) is 9.26. The van der Waals surface area contributed by atoms with Crippen LogP contribution in [-0.4, -0.2) is 33.5 Å². The number of benzene rings is 1. The first-order chi connectivity index (χ1) is 13.1. The second-order valence-corrected chi connectivity index (χ2v) is 7.00. The molecule has 3 heterocycles. The van der Waals surface area contributed by atoms with Crippen molar-refractivity contribution in [1.29, 1.82) is 0 Å². The van der Waals surface area contributed by atoms with Crippen molar-refractivity contribution in [3.05, 3.63) is 63.8 Å². The summed E-state index contributed by atoms with van der Waals surface area (Å²) in [5.41, 5.74) is 3.49. The molecule has 7 heteroatoms. The lowest BCUT2D eigenvalue weighted by Gasteiger charge is -2.25. The van der Waals surface area contributed by atoms with Gasteiger partial charge in [0.2, 0.25) is 0 Å². The maximum atomic E-state index is 13.0. The first kappa shape index (κ1) is 17.5. The van der Waals surface area contributed by atoms with E-state index in [2.05, 4.69) is 20.6 Å². The van der Waals surface area contributed by atoms with Crippen molar-refractivity contribution in [2.75, 3.05) is 13.1 Å². The van der Waals surface area contributed by atoms with E-state index in [0.29, 0.717) is 12.1 Å². The Balaban J connectivity index is 1.54. The Morgan fingerprint density at radius 1 is 1.30 bits per heavy atom. The van der Waals surface area contributed by atoms with Crippen molar-refractivity contribution in [2.45, 2.75) is 32.4 Å². The van der Waals surface area contributed by atoms with Crippen LogP contribution in [0.4, 0.5) is 0 Å². The van der Waals surface area contributed by atoms with Crippen LogP contribution in [0, 0.1) is 6.92 Å². The Labute approximate surface area is 156 Å². The molecule has 0 unspecified atom stereocenters. The van der Waals surface area contributed by atoms with E-state index in [1.165, 1.54) is 0 Å². The molecule has 4 rings (SSSR count). The van der Waals surface area contributed by atoms with Gasteiger partial charge in [-0.3, -0.25) is 9.59 Å². The normalized spacial score (nSPS) is 15.1. The lowest BCUT2D eigenvalue weighted by atomic mass is 10.0. The Morgan fingerprint density at radius 3 is 2.93 bits per heavy atom. The van der Waals surface area contributed by atoms with Crippen LogP contribution < -0.4 is 16.2 Å². The van der Waals surface area contributed by atoms with Crippen LogP contribution in [0.1, 0.15) is 40.4 Å². The van der Waals surface area contributed by atoms with Gasteiger partial charge in [-0.2, -0.15) is 0 Å². The predicted molar refractivity (Wildman–Crippen MR) is 104 cm³/mol. The molecule has 0 aliphatic carbocycles. The summed E-state index contributed by atoms with van der Waals surface area (Å²) < 4.78 is 1.72. The highest BCUT2D eigenvalue weighted by Crippen LogP contribution is 2.17. The number of carbonyl (C=O) groups is 1. The van der Waals surface area contributed by atoms with Crippen molar-refractivity contribution in [3.8, 4) is 0 Å². The smallest absolute Gasteiger partial charge is 0.263 e. The summed E-state index contributed by atoms with van der Waals surface area (Å²) in [4.78, 5) is 32.9. The van der Waals surface area contributed by atoms with Gasteiger partial charge in [0.15, 0.2) is 0 Å². The molecule has 7 nitrogen and oxygen atoms in total. The minimum atomic E-state index is -0.328. The van der Waals surface area contributed by atoms with Gasteiger partial charge in [-0.05, 0) is 62.2 Å². The predicted octanol–water partition coefficient (Wildman–Crippen LogP) is 1.89. The van der Waals surface area contributed by atoms with Gasteiger partial charge in [-0.25, -0.2) is 4.98 Å². The lowest BCUT2D eigenvalue weighted by Crippen LogP contribution is -2.38. The van der Waals surface area contributed by atoms with Gasteiger partial charge in [0, 0.05) is 18.8 Å². The van der Waals surface area contributed by atoms with Crippen LogP contribution in [0.3, 0.4) is 0 Å². The summed E-state index contributed by atoms with van der Waals surface area (Å²) in [7, 11) is 0. The molecular formula is C20H23N5O2. The highest BCUT2D eigenvalue weighted by Gasteiger charge is 2.21. The molecule has 1 aromatic carbocycles. The number of imidazole rings is 1. The average Bonchev–Trinajstić information content (AvgIpc) is 3.15. The monoisotopic (exact) mass is 365 g/mol. The van der Waals surface area contributed by atoms with Crippen molar-refractivity contribution < 1.29 is 4.79 Å². The molecule has 1 amide bonds. The third-order valence-electron chi connectivity index (χ3n) is 5.19. The number of hydrogen-bond acceptors (Lipinski definition) is 4. The Kier molecular flexibility index (Phi) is 4.77. The van der Waals surface area contributed by atoms with E-state index < -0.39 is 0 Å². The maximum absolute atomic E-state index is 13.0. The summed E-state index contributed by atoms with van der Waals surface area (Å²) >= 11 is 0. The number of aromatic nitrogens is 3. The molecule has 3 aromatic rings. The molecule has 27 heavy (non-hydrogen) atoms. The summed E-state index contributed by atoms with van der Waals surface area (Å²) in [6.45, 7) is 3.94. The van der Waals surface area contributed by atoms with Crippen LogP contribution in [0.2, 0.25) is 0 Å². The zero-order valence-corrected chi connectivity index (χ0v) is 15.3. The molecule has 1 aliphatic heterocycles. The largest absolute Gasteiger partial charge is 0.348 e. The van der Waals surface area contributed by atoms with Crippen LogP contribution in [0.15, 0.2) is 41.6 Å². The number of aryl methyl sites for hydroxylation is 1. The van der Waals surface area contributed by atoms with Crippen LogP contribution in [0.5, 0.6) is 0 Å². The van der Waals surface area contributed by atoms with Crippen molar-refractivity contribution >= 4 is 16.9 Å². The summed E-state index contributed by atoms with van der Waals surface area (Å²) in [6, 6.07) is 7.79. The fourth-order valence-electron chi connectivity index (χ4n) is 3.65. The molecular weight excluding hydrogens is 342 g/mol. The number of piperidine rings is 1. The Hall–Kier alpha value is -2.93. The van der Waals surface area contributed by atoms with E-state index in [-0.39, 0.29) is 23.1 Å². The number of hydrogen-bond donors (Lipinski definition) is 3. The molecule has 0 atom stereocenters. The lowest BCUT2D eigenvalue weighted by molar-refractivity contribution is 0.0947. The van der Waals surface area contributed by atoms with Crippen molar-refractivity contribution in [2.24, 2.45) is 0 Å². The van der Waals surface area contributed by atoms with Crippen molar-refractivity contribution in [3.63, 3.8) is 0 Å². The van der Waals surface area contributed by atoms with Gasteiger partial charge in [-0.1, -0.05) is 6.07 Å². The van der Waals surface area contributed by atoms with Gasteiger partial charge in [0.25, 0.3) is 11.5 Å². The number of nitrogens with one attached hydrogen (secondary N) is 3. The Bertz CT molecular complexity index is 1030. The van der Waals surface area contributed by atoms with E-state index in [1.54, 1.807) is 17.8 Å². The van der Waals surface area contributed by atoms with E-state index >= 15 is 0 Å². The van der Waals surface area contributed by atoms with E-state index in [1.807, 2.05) is 30.5 Å². The topological polar surface area (TPSA) is 91.8 Å². The zero-order chi connectivity index (χ0) is 18.8. The third kappa shape index (κ3) is 3.50. The van der Waals surface area contributed by atoms with E-state index in [9.17, 15) is 9.59 Å².